The van der Waals surface area contributed by atoms with Gasteiger partial charge in [0.05, 0.1) is 0 Å². The highest BCUT2D eigenvalue weighted by Crippen LogP contribution is 2.29. The Morgan fingerprint density at radius 3 is 2.74 bits per heavy atom. The van der Waals surface area contributed by atoms with Gasteiger partial charge >= 0.3 is 5.97 Å². The fourth-order valence-corrected chi connectivity index (χ4v) is 4.31. The Labute approximate surface area is 162 Å². The summed E-state index contributed by atoms with van der Waals surface area (Å²) in [5.41, 5.74) is 3.37. The number of carbonyl (C=O) groups excluding carboxylic acids is 1. The lowest BCUT2D eigenvalue weighted by molar-refractivity contribution is 0.0478. The minimum atomic E-state index is -0.406. The van der Waals surface area contributed by atoms with Crippen LogP contribution in [0.25, 0.3) is 16.1 Å². The summed E-state index contributed by atoms with van der Waals surface area (Å²) in [6.45, 7) is 3.77. The van der Waals surface area contributed by atoms with Crippen molar-refractivity contribution < 1.29 is 9.53 Å². The van der Waals surface area contributed by atoms with Crippen molar-refractivity contribution in [3.8, 4) is 11.1 Å². The van der Waals surface area contributed by atoms with E-state index in [0.717, 1.165) is 16.7 Å². The number of nitrogens with zero attached hydrogens (tertiary/aromatic N) is 3. The average molecular weight is 397 g/mol. The summed E-state index contributed by atoms with van der Waals surface area (Å²) < 4.78 is 6.66. The molecule has 4 rings (SSSR count). The molecule has 0 saturated heterocycles. The Balaban J connectivity index is 1.54. The molecule has 1 aromatic carbocycles. The highest BCUT2D eigenvalue weighted by molar-refractivity contribution is 7.16. The third kappa shape index (κ3) is 3.54. The van der Waals surface area contributed by atoms with Crippen LogP contribution in [0.15, 0.2) is 46.6 Å². The lowest BCUT2D eigenvalue weighted by atomic mass is 10.1. The van der Waals surface area contributed by atoms with Gasteiger partial charge in [-0.3, -0.25) is 4.79 Å². The second kappa shape index (κ2) is 7.05. The molecule has 0 aliphatic carbocycles. The van der Waals surface area contributed by atoms with Crippen molar-refractivity contribution in [2.75, 3.05) is 0 Å². The fourth-order valence-electron chi connectivity index (χ4n) is 2.64. The molecule has 27 heavy (non-hydrogen) atoms. The van der Waals surface area contributed by atoms with Crippen LogP contribution in [0.2, 0.25) is 0 Å². The summed E-state index contributed by atoms with van der Waals surface area (Å²) in [6.07, 6.45) is 0. The molecule has 3 aromatic heterocycles. The molecule has 0 amide bonds. The molecule has 4 aromatic rings. The van der Waals surface area contributed by atoms with Gasteiger partial charge in [-0.1, -0.05) is 41.2 Å². The van der Waals surface area contributed by atoms with Crippen LogP contribution in [-0.2, 0) is 11.3 Å². The van der Waals surface area contributed by atoms with Gasteiger partial charge < -0.3 is 4.74 Å². The molecule has 8 heteroatoms. The van der Waals surface area contributed by atoms with Gasteiger partial charge in [0, 0.05) is 17.3 Å². The molecule has 6 nitrogen and oxygen atoms in total. The van der Waals surface area contributed by atoms with Gasteiger partial charge in [-0.2, -0.15) is 9.61 Å². The molecule has 0 radical (unpaired) electrons. The van der Waals surface area contributed by atoms with E-state index in [1.54, 1.807) is 6.92 Å². The van der Waals surface area contributed by atoms with Gasteiger partial charge in [0.15, 0.2) is 5.01 Å². The number of aryl methyl sites for hydroxylation is 2. The van der Waals surface area contributed by atoms with Crippen molar-refractivity contribution in [1.29, 1.82) is 0 Å². The number of rotatable bonds is 4. The number of thiophene rings is 1. The van der Waals surface area contributed by atoms with E-state index in [1.165, 1.54) is 33.3 Å². The molecule has 0 N–H and O–H groups in total. The molecule has 0 bridgehead atoms. The van der Waals surface area contributed by atoms with Crippen molar-refractivity contribution in [1.82, 2.24) is 14.6 Å². The fraction of sp³-hybridized carbons (Fsp3) is 0.158. The Bertz CT molecular complexity index is 1190. The Hall–Kier alpha value is -2.84. The number of carbonyl (C=O) groups is 1. The summed E-state index contributed by atoms with van der Waals surface area (Å²) >= 11 is 2.58. The van der Waals surface area contributed by atoms with Crippen LogP contribution >= 0.6 is 22.7 Å². The van der Waals surface area contributed by atoms with Gasteiger partial charge in [0.2, 0.25) is 4.96 Å². The van der Waals surface area contributed by atoms with Crippen LogP contribution < -0.4 is 5.56 Å². The van der Waals surface area contributed by atoms with Gasteiger partial charge in [-0.25, -0.2) is 9.78 Å². The minimum absolute atomic E-state index is 0.00339. The topological polar surface area (TPSA) is 73.6 Å². The van der Waals surface area contributed by atoms with Gasteiger partial charge in [0.1, 0.15) is 11.5 Å². The number of aromatic nitrogens is 3. The van der Waals surface area contributed by atoms with Gasteiger partial charge in [0.25, 0.3) is 5.56 Å². The van der Waals surface area contributed by atoms with Gasteiger partial charge in [-0.15, -0.1) is 11.3 Å². The second-order valence-corrected chi connectivity index (χ2v) is 7.99. The normalized spacial score (nSPS) is 11.0. The van der Waals surface area contributed by atoms with Crippen molar-refractivity contribution >= 4 is 33.6 Å². The van der Waals surface area contributed by atoms with E-state index in [1.807, 2.05) is 42.6 Å². The number of ether oxygens (including phenoxy) is 1. The molecule has 0 aliphatic heterocycles. The Morgan fingerprint density at radius 2 is 1.96 bits per heavy atom. The van der Waals surface area contributed by atoms with Crippen molar-refractivity contribution in [2.24, 2.45) is 0 Å². The highest BCUT2D eigenvalue weighted by Gasteiger charge is 2.17. The number of hydrogen-bond donors (Lipinski definition) is 0. The zero-order valence-electron chi connectivity index (χ0n) is 14.6. The molecule has 3 heterocycles. The lowest BCUT2D eigenvalue weighted by Crippen LogP contribution is -2.14. The average Bonchev–Trinajstić information content (AvgIpc) is 3.27. The SMILES string of the molecule is Cc1ccc(-c2ccsc2C(=O)OCc2nn3c(=O)cc(C)nc3s2)cc1. The van der Waals surface area contributed by atoms with E-state index in [9.17, 15) is 9.59 Å². The van der Waals surface area contributed by atoms with E-state index in [0.29, 0.717) is 20.5 Å². The molecule has 0 aliphatic rings. The number of esters is 1. The molecule has 0 unspecified atom stereocenters. The summed E-state index contributed by atoms with van der Waals surface area (Å²) in [5, 5.41) is 6.57. The summed E-state index contributed by atoms with van der Waals surface area (Å²) in [5.74, 6) is -0.406. The molecule has 0 atom stereocenters. The zero-order valence-corrected chi connectivity index (χ0v) is 16.3. The quantitative estimate of drug-likeness (QED) is 0.489. The molecule has 0 saturated carbocycles. The van der Waals surface area contributed by atoms with E-state index >= 15 is 0 Å². The molecule has 136 valence electrons. The van der Waals surface area contributed by atoms with Crippen molar-refractivity contribution in [2.45, 2.75) is 20.5 Å². The van der Waals surface area contributed by atoms with Crippen molar-refractivity contribution in [3.05, 3.63) is 73.3 Å². The molecule has 0 spiro atoms. The van der Waals surface area contributed by atoms with E-state index in [-0.39, 0.29) is 12.2 Å². The number of benzene rings is 1. The third-order valence-electron chi connectivity index (χ3n) is 3.95. The molecule has 0 fully saturated rings. The monoisotopic (exact) mass is 397 g/mol. The van der Waals surface area contributed by atoms with E-state index in [2.05, 4.69) is 10.1 Å². The van der Waals surface area contributed by atoms with Crippen LogP contribution in [-0.4, -0.2) is 20.6 Å². The van der Waals surface area contributed by atoms with Crippen LogP contribution in [0.5, 0.6) is 0 Å². The zero-order chi connectivity index (χ0) is 19.0. The maximum absolute atomic E-state index is 12.6. The lowest BCUT2D eigenvalue weighted by Gasteiger charge is -2.05. The first-order valence-electron chi connectivity index (χ1n) is 8.19. The first-order chi connectivity index (χ1) is 13.0. The Morgan fingerprint density at radius 1 is 1.19 bits per heavy atom. The number of hydrogen-bond acceptors (Lipinski definition) is 7. The second-order valence-electron chi connectivity index (χ2n) is 6.03. The number of fused-ring (bicyclic) bond motifs is 1. The highest BCUT2D eigenvalue weighted by atomic mass is 32.1. The smallest absolute Gasteiger partial charge is 0.349 e. The standard InChI is InChI=1S/C19H15N3O3S2/c1-11-3-5-13(6-4-11)14-7-8-26-17(14)18(24)25-10-15-21-22-16(23)9-12(2)20-19(22)27-15/h3-9H,10H2,1-2H3. The van der Waals surface area contributed by atoms with Gasteiger partial charge in [-0.05, 0) is 30.9 Å². The summed E-state index contributed by atoms with van der Waals surface area (Å²) in [7, 11) is 0. The van der Waals surface area contributed by atoms with Crippen LogP contribution in [0.4, 0.5) is 0 Å². The summed E-state index contributed by atoms with van der Waals surface area (Å²) in [4.78, 5) is 29.8. The van der Waals surface area contributed by atoms with E-state index in [4.69, 9.17) is 4.74 Å². The van der Waals surface area contributed by atoms with E-state index < -0.39 is 5.97 Å². The summed E-state index contributed by atoms with van der Waals surface area (Å²) in [6, 6.07) is 11.3. The maximum atomic E-state index is 12.6. The maximum Gasteiger partial charge on any atom is 0.349 e. The van der Waals surface area contributed by atoms with Crippen LogP contribution in [0.3, 0.4) is 0 Å². The minimum Gasteiger partial charge on any atom is -0.454 e. The predicted molar refractivity (Wildman–Crippen MR) is 105 cm³/mol. The Kier molecular flexibility index (Phi) is 4.59. The van der Waals surface area contributed by atoms with Crippen LogP contribution in [0.1, 0.15) is 25.9 Å². The predicted octanol–water partition coefficient (Wildman–Crippen LogP) is 3.85. The first-order valence-corrected chi connectivity index (χ1v) is 9.89. The van der Waals surface area contributed by atoms with Crippen molar-refractivity contribution in [3.63, 3.8) is 0 Å². The first kappa shape index (κ1) is 17.6. The third-order valence-corrected chi connectivity index (χ3v) is 5.73. The molecular formula is C19H15N3O3S2. The molecular weight excluding hydrogens is 382 g/mol. The largest absolute Gasteiger partial charge is 0.454 e. The van der Waals surface area contributed by atoms with Crippen LogP contribution in [0, 0.1) is 13.8 Å².